The van der Waals surface area contributed by atoms with Crippen molar-refractivity contribution in [3.8, 4) is 0 Å². The van der Waals surface area contributed by atoms with Crippen LogP contribution in [0.5, 0.6) is 0 Å². The van der Waals surface area contributed by atoms with Gasteiger partial charge in [-0.15, -0.1) is 0 Å². The van der Waals surface area contributed by atoms with Crippen molar-refractivity contribution in [3.63, 3.8) is 0 Å². The van der Waals surface area contributed by atoms with Crippen LogP contribution in [0.25, 0.3) is 0 Å². The first-order valence-electron chi connectivity index (χ1n) is 4.34. The number of ketones is 1. The van der Waals surface area contributed by atoms with Crippen LogP contribution in [-0.4, -0.2) is 12.0 Å². The van der Waals surface area contributed by atoms with E-state index < -0.39 is 24.8 Å². The number of carbonyl (C=O) groups is 1. The third-order valence-corrected chi connectivity index (χ3v) is 2.69. The summed E-state index contributed by atoms with van der Waals surface area (Å²) in [5, 5.41) is 0.162. The first kappa shape index (κ1) is 13.5. The Bertz CT molecular complexity index is 404. The Morgan fingerprint density at radius 1 is 1.38 bits per heavy atom. The first-order valence-corrected chi connectivity index (χ1v) is 5.52. The molecule has 0 aliphatic heterocycles. The summed E-state index contributed by atoms with van der Waals surface area (Å²) in [5.74, 6) is -0.608. The summed E-state index contributed by atoms with van der Waals surface area (Å²) in [4.78, 5) is 11.5. The van der Waals surface area contributed by atoms with Crippen LogP contribution in [0, 0.1) is 0 Å². The molecule has 0 aliphatic carbocycles. The monoisotopic (exact) mass is 314 g/mol. The predicted octanol–water partition coefficient (Wildman–Crippen LogP) is 4.63. The molecule has 0 aromatic heterocycles. The molecule has 0 aliphatic rings. The van der Waals surface area contributed by atoms with Gasteiger partial charge in [-0.1, -0.05) is 27.5 Å². The van der Waals surface area contributed by atoms with Crippen molar-refractivity contribution in [2.45, 2.75) is 19.0 Å². The number of carbonyl (C=O) groups excluding carboxylic acids is 1. The lowest BCUT2D eigenvalue weighted by Gasteiger charge is -2.06. The Kier molecular flexibility index (Phi) is 4.38. The summed E-state index contributed by atoms with van der Waals surface area (Å²) in [6, 6.07) is 4.50. The molecule has 0 N–H and O–H groups in total. The molecule has 0 saturated carbocycles. The van der Waals surface area contributed by atoms with E-state index in [0.717, 1.165) is 0 Å². The lowest BCUT2D eigenvalue weighted by molar-refractivity contribution is -0.133. The quantitative estimate of drug-likeness (QED) is 0.743. The van der Waals surface area contributed by atoms with E-state index in [1.54, 1.807) is 6.07 Å². The van der Waals surface area contributed by atoms with Crippen molar-refractivity contribution in [1.29, 1.82) is 0 Å². The standard InChI is InChI=1S/C10H7BrClF3O/c11-6-1-2-8(12)7(5-6)9(16)3-4-10(13,14)15/h1-2,5H,3-4H2. The fourth-order valence-corrected chi connectivity index (χ4v) is 1.69. The molecular weight excluding hydrogens is 308 g/mol. The molecule has 0 fully saturated rings. The predicted molar refractivity (Wildman–Crippen MR) is 58.8 cm³/mol. The molecule has 0 radical (unpaired) electrons. The third-order valence-electron chi connectivity index (χ3n) is 1.86. The highest BCUT2D eigenvalue weighted by Crippen LogP contribution is 2.26. The normalized spacial score (nSPS) is 11.6. The van der Waals surface area contributed by atoms with Crippen molar-refractivity contribution in [2.24, 2.45) is 0 Å². The van der Waals surface area contributed by atoms with Gasteiger partial charge in [-0.2, -0.15) is 13.2 Å². The van der Waals surface area contributed by atoms with E-state index in [9.17, 15) is 18.0 Å². The number of hydrogen-bond acceptors (Lipinski definition) is 1. The maximum Gasteiger partial charge on any atom is 0.389 e. The molecule has 1 aromatic carbocycles. The topological polar surface area (TPSA) is 17.1 Å². The highest BCUT2D eigenvalue weighted by atomic mass is 79.9. The van der Waals surface area contributed by atoms with Crippen LogP contribution in [-0.2, 0) is 0 Å². The second-order valence-electron chi connectivity index (χ2n) is 3.16. The summed E-state index contributed by atoms with van der Waals surface area (Å²) in [5.41, 5.74) is 0.111. The van der Waals surface area contributed by atoms with Crippen LogP contribution in [0.3, 0.4) is 0 Å². The van der Waals surface area contributed by atoms with E-state index in [0.29, 0.717) is 4.47 Å². The van der Waals surface area contributed by atoms with Gasteiger partial charge >= 0.3 is 6.18 Å². The largest absolute Gasteiger partial charge is 0.389 e. The van der Waals surface area contributed by atoms with Crippen molar-refractivity contribution in [3.05, 3.63) is 33.3 Å². The molecule has 1 rings (SSSR count). The molecule has 0 atom stereocenters. The SMILES string of the molecule is O=C(CCC(F)(F)F)c1cc(Br)ccc1Cl. The number of halogens is 5. The van der Waals surface area contributed by atoms with E-state index in [1.165, 1.54) is 12.1 Å². The summed E-state index contributed by atoms with van der Waals surface area (Å²) in [6.07, 6.45) is -6.04. The number of rotatable bonds is 3. The molecule has 1 aromatic rings. The minimum absolute atomic E-state index is 0.111. The van der Waals surface area contributed by atoms with Gasteiger partial charge in [-0.3, -0.25) is 4.79 Å². The molecule has 0 heterocycles. The average molecular weight is 316 g/mol. The van der Waals surface area contributed by atoms with Crippen LogP contribution in [0.15, 0.2) is 22.7 Å². The number of Topliss-reactive ketones (excluding diaryl/α,β-unsaturated/α-hetero) is 1. The zero-order valence-corrected chi connectivity index (χ0v) is 10.3. The van der Waals surface area contributed by atoms with Gasteiger partial charge in [0.2, 0.25) is 0 Å². The molecule has 88 valence electrons. The molecular formula is C10H7BrClF3O. The average Bonchev–Trinajstić information content (AvgIpc) is 2.17. The lowest BCUT2D eigenvalue weighted by atomic mass is 10.1. The molecule has 0 spiro atoms. The smallest absolute Gasteiger partial charge is 0.294 e. The second-order valence-corrected chi connectivity index (χ2v) is 4.49. The zero-order chi connectivity index (χ0) is 12.3. The van der Waals surface area contributed by atoms with Gasteiger partial charge in [0, 0.05) is 16.5 Å². The lowest BCUT2D eigenvalue weighted by Crippen LogP contribution is -2.11. The van der Waals surface area contributed by atoms with Gasteiger partial charge < -0.3 is 0 Å². The fraction of sp³-hybridized carbons (Fsp3) is 0.300. The summed E-state index contributed by atoms with van der Waals surface area (Å²) in [6.45, 7) is 0. The third kappa shape index (κ3) is 4.14. The minimum atomic E-state index is -4.33. The van der Waals surface area contributed by atoms with Crippen molar-refractivity contribution in [1.82, 2.24) is 0 Å². The molecule has 1 nitrogen and oxygen atoms in total. The maximum absolute atomic E-state index is 11.9. The van der Waals surface area contributed by atoms with Gasteiger partial charge in [0.1, 0.15) is 0 Å². The van der Waals surface area contributed by atoms with Crippen molar-refractivity contribution < 1.29 is 18.0 Å². The Labute approximate surface area is 104 Å². The Morgan fingerprint density at radius 3 is 2.56 bits per heavy atom. The molecule has 0 bridgehead atoms. The van der Waals surface area contributed by atoms with Crippen LogP contribution in [0.4, 0.5) is 13.2 Å². The van der Waals surface area contributed by atoms with E-state index >= 15 is 0 Å². The van der Waals surface area contributed by atoms with Crippen LogP contribution >= 0.6 is 27.5 Å². The molecule has 6 heteroatoms. The zero-order valence-electron chi connectivity index (χ0n) is 7.94. The van der Waals surface area contributed by atoms with Gasteiger partial charge in [-0.25, -0.2) is 0 Å². The minimum Gasteiger partial charge on any atom is -0.294 e. The molecule has 16 heavy (non-hydrogen) atoms. The molecule has 0 unspecified atom stereocenters. The van der Waals surface area contributed by atoms with Gasteiger partial charge in [0.25, 0.3) is 0 Å². The summed E-state index contributed by atoms with van der Waals surface area (Å²) >= 11 is 8.84. The van der Waals surface area contributed by atoms with Gasteiger partial charge in [0.15, 0.2) is 5.78 Å². The Balaban J connectivity index is 2.77. The highest BCUT2D eigenvalue weighted by molar-refractivity contribution is 9.10. The summed E-state index contributed by atoms with van der Waals surface area (Å²) < 4.78 is 36.4. The van der Waals surface area contributed by atoms with Gasteiger partial charge in [-0.05, 0) is 18.2 Å². The summed E-state index contributed by atoms with van der Waals surface area (Å²) in [7, 11) is 0. The fourth-order valence-electron chi connectivity index (χ4n) is 1.10. The van der Waals surface area contributed by atoms with E-state index in [-0.39, 0.29) is 10.6 Å². The number of alkyl halides is 3. The van der Waals surface area contributed by atoms with Crippen LogP contribution in [0.1, 0.15) is 23.2 Å². The van der Waals surface area contributed by atoms with Crippen molar-refractivity contribution in [2.75, 3.05) is 0 Å². The van der Waals surface area contributed by atoms with E-state index in [2.05, 4.69) is 15.9 Å². The molecule has 0 saturated heterocycles. The first-order chi connectivity index (χ1) is 7.29. The number of hydrogen-bond donors (Lipinski definition) is 0. The maximum atomic E-state index is 11.9. The number of benzene rings is 1. The molecule has 0 amide bonds. The van der Waals surface area contributed by atoms with Crippen molar-refractivity contribution >= 4 is 33.3 Å². The highest BCUT2D eigenvalue weighted by Gasteiger charge is 2.28. The second kappa shape index (κ2) is 5.19. The van der Waals surface area contributed by atoms with E-state index in [1.807, 2.05) is 0 Å². The Morgan fingerprint density at radius 2 is 2.00 bits per heavy atom. The van der Waals surface area contributed by atoms with E-state index in [4.69, 9.17) is 11.6 Å². The van der Waals surface area contributed by atoms with Crippen LogP contribution < -0.4 is 0 Å². The van der Waals surface area contributed by atoms with Gasteiger partial charge in [0.05, 0.1) is 11.4 Å². The van der Waals surface area contributed by atoms with Crippen LogP contribution in [0.2, 0.25) is 5.02 Å². The Hall–Kier alpha value is -0.550.